The molecule has 0 unspecified atom stereocenters. The minimum absolute atomic E-state index is 0.107. The van der Waals surface area contributed by atoms with Crippen LogP contribution >= 0.6 is 23.5 Å². The Balaban J connectivity index is 1.25. The zero-order valence-corrected chi connectivity index (χ0v) is 26.0. The second-order valence-electron chi connectivity index (χ2n) is 12.2. The lowest BCUT2D eigenvalue weighted by Gasteiger charge is -2.31. The van der Waals surface area contributed by atoms with Crippen molar-refractivity contribution in [2.75, 3.05) is 20.1 Å². The summed E-state index contributed by atoms with van der Waals surface area (Å²) >= 11 is 8.37. The van der Waals surface area contributed by atoms with Gasteiger partial charge in [0.25, 0.3) is 0 Å². The topological polar surface area (TPSA) is 52.6 Å². The molecule has 3 aromatic carbocycles. The molecule has 1 aliphatic carbocycles. The van der Waals surface area contributed by atoms with Gasteiger partial charge in [0.15, 0.2) is 0 Å². The van der Waals surface area contributed by atoms with E-state index in [-0.39, 0.29) is 12.0 Å². The van der Waals surface area contributed by atoms with E-state index < -0.39 is 5.97 Å². The molecule has 0 saturated carbocycles. The van der Waals surface area contributed by atoms with E-state index in [0.717, 1.165) is 35.7 Å². The molecule has 214 valence electrons. The van der Waals surface area contributed by atoms with Crippen molar-refractivity contribution >= 4 is 29.5 Å². The fourth-order valence-electron chi connectivity index (χ4n) is 5.94. The first-order chi connectivity index (χ1) is 19.0. The third kappa shape index (κ3) is 8.59. The van der Waals surface area contributed by atoms with Gasteiger partial charge < -0.3 is 10.4 Å². The highest BCUT2D eigenvalue weighted by Gasteiger charge is 2.28. The monoisotopic (exact) mass is 578 g/mol. The minimum atomic E-state index is -0.797. The lowest BCUT2D eigenvalue weighted by Crippen LogP contribution is -2.44. The van der Waals surface area contributed by atoms with Crippen LogP contribution in [0.5, 0.6) is 0 Å². The van der Waals surface area contributed by atoms with Crippen molar-refractivity contribution in [1.82, 2.24) is 9.62 Å². The standard InChI is InChI=1S/C34H43ClN2O2S/c1-23(21-36-34(3,4)20-26-17-27-8-6-7-9-28(27)18-26)22-37(5)40-29-12-14-30(24(2)16-29)31-13-10-25(19-32(31)35)11-15-33(38)39/h6-10,12-14,16,19,23,26,36H,11,15,17-18,20-22H2,1-5H3,(H,38,39)/t23-/m1/s1. The van der Waals surface area contributed by atoms with Crippen LogP contribution in [0.25, 0.3) is 11.1 Å². The predicted molar refractivity (Wildman–Crippen MR) is 169 cm³/mol. The maximum absolute atomic E-state index is 10.9. The van der Waals surface area contributed by atoms with Crippen LogP contribution < -0.4 is 5.32 Å². The molecule has 0 fully saturated rings. The van der Waals surface area contributed by atoms with Gasteiger partial charge in [-0.2, -0.15) is 0 Å². The van der Waals surface area contributed by atoms with Crippen LogP contribution in [0.4, 0.5) is 0 Å². The third-order valence-electron chi connectivity index (χ3n) is 7.84. The average Bonchev–Trinajstić information content (AvgIpc) is 3.28. The molecule has 0 aromatic heterocycles. The first kappa shape index (κ1) is 30.6. The summed E-state index contributed by atoms with van der Waals surface area (Å²) in [4.78, 5) is 12.1. The highest BCUT2D eigenvalue weighted by molar-refractivity contribution is 7.97. The molecule has 6 heteroatoms. The quantitative estimate of drug-likeness (QED) is 0.201. The maximum Gasteiger partial charge on any atom is 0.303 e. The molecule has 0 bridgehead atoms. The van der Waals surface area contributed by atoms with Crippen LogP contribution in [0.1, 0.15) is 55.9 Å². The van der Waals surface area contributed by atoms with Crippen molar-refractivity contribution < 1.29 is 9.90 Å². The van der Waals surface area contributed by atoms with E-state index >= 15 is 0 Å². The molecule has 4 rings (SSSR count). The maximum atomic E-state index is 10.9. The third-order valence-corrected chi connectivity index (χ3v) is 9.08. The molecule has 0 spiro atoms. The number of hydrogen-bond donors (Lipinski definition) is 2. The highest BCUT2D eigenvalue weighted by Crippen LogP contribution is 2.35. The second-order valence-corrected chi connectivity index (χ2v) is 13.9. The molecule has 1 atom stereocenters. The van der Waals surface area contributed by atoms with Gasteiger partial charge in [0, 0.05) is 34.0 Å². The Labute approximate surface area is 249 Å². The molecule has 3 aromatic rings. The van der Waals surface area contributed by atoms with Crippen LogP contribution in [-0.2, 0) is 24.1 Å². The fourth-order valence-corrected chi connectivity index (χ4v) is 7.29. The molecule has 2 N–H and O–H groups in total. The molecular formula is C34H43ClN2O2S. The molecule has 40 heavy (non-hydrogen) atoms. The Morgan fingerprint density at radius 3 is 2.40 bits per heavy atom. The zero-order valence-electron chi connectivity index (χ0n) is 24.5. The summed E-state index contributed by atoms with van der Waals surface area (Å²) in [7, 11) is 2.16. The Bertz CT molecular complexity index is 1300. The summed E-state index contributed by atoms with van der Waals surface area (Å²) in [5.41, 5.74) is 7.39. The van der Waals surface area contributed by atoms with Crippen molar-refractivity contribution in [1.29, 1.82) is 0 Å². The number of nitrogens with zero attached hydrogens (tertiary/aromatic N) is 1. The molecule has 0 radical (unpaired) electrons. The van der Waals surface area contributed by atoms with E-state index in [0.29, 0.717) is 17.4 Å². The molecule has 0 amide bonds. The Kier molecular flexibility index (Phi) is 10.4. The molecule has 1 aliphatic rings. The Morgan fingerprint density at radius 2 is 1.77 bits per heavy atom. The summed E-state index contributed by atoms with van der Waals surface area (Å²) in [5.74, 6) is 0.454. The first-order valence-electron chi connectivity index (χ1n) is 14.3. The van der Waals surface area contributed by atoms with Gasteiger partial charge >= 0.3 is 5.97 Å². The summed E-state index contributed by atoms with van der Waals surface area (Å²) in [6.07, 6.45) is 4.20. The summed E-state index contributed by atoms with van der Waals surface area (Å²) in [6, 6.07) is 21.3. The largest absolute Gasteiger partial charge is 0.481 e. The van der Waals surface area contributed by atoms with Crippen molar-refractivity contribution in [3.05, 3.63) is 87.9 Å². The Morgan fingerprint density at radius 1 is 1.10 bits per heavy atom. The van der Waals surface area contributed by atoms with E-state index in [1.54, 1.807) is 11.9 Å². The minimum Gasteiger partial charge on any atom is -0.481 e. The molecule has 0 saturated heterocycles. The van der Waals surface area contributed by atoms with Gasteiger partial charge in [-0.3, -0.25) is 4.79 Å². The predicted octanol–water partition coefficient (Wildman–Crippen LogP) is 8.08. The molecule has 0 heterocycles. The molecule has 4 nitrogen and oxygen atoms in total. The van der Waals surface area contributed by atoms with E-state index in [4.69, 9.17) is 16.7 Å². The van der Waals surface area contributed by atoms with Crippen molar-refractivity contribution in [2.24, 2.45) is 11.8 Å². The number of carbonyl (C=O) groups is 1. The number of fused-ring (bicyclic) bond motifs is 1. The number of rotatable bonds is 13. The normalized spacial score (nSPS) is 14.5. The van der Waals surface area contributed by atoms with E-state index in [1.165, 1.54) is 40.8 Å². The molecular weight excluding hydrogens is 536 g/mol. The number of aliphatic carboxylic acids is 1. The summed E-state index contributed by atoms with van der Waals surface area (Å²) < 4.78 is 2.33. The Hall–Kier alpha value is -2.31. The van der Waals surface area contributed by atoms with E-state index in [9.17, 15) is 4.79 Å². The fraction of sp³-hybridized carbons (Fsp3) is 0.441. The second kappa shape index (κ2) is 13.6. The lowest BCUT2D eigenvalue weighted by molar-refractivity contribution is -0.136. The van der Waals surface area contributed by atoms with Gasteiger partial charge in [-0.05, 0) is 130 Å². The smallest absolute Gasteiger partial charge is 0.303 e. The van der Waals surface area contributed by atoms with Crippen molar-refractivity contribution in [3.8, 4) is 11.1 Å². The van der Waals surface area contributed by atoms with Crippen molar-refractivity contribution in [3.63, 3.8) is 0 Å². The number of hydrogen-bond acceptors (Lipinski definition) is 4. The average molecular weight is 579 g/mol. The van der Waals surface area contributed by atoms with Gasteiger partial charge in [-0.15, -0.1) is 0 Å². The lowest BCUT2D eigenvalue weighted by atomic mass is 9.88. The van der Waals surface area contributed by atoms with Gasteiger partial charge in [-0.25, -0.2) is 4.31 Å². The van der Waals surface area contributed by atoms with Gasteiger partial charge in [0.1, 0.15) is 0 Å². The number of halogens is 1. The van der Waals surface area contributed by atoms with Crippen LogP contribution in [-0.4, -0.2) is 41.1 Å². The zero-order chi connectivity index (χ0) is 28.9. The van der Waals surface area contributed by atoms with Crippen LogP contribution in [0.2, 0.25) is 5.02 Å². The number of aryl methyl sites for hydroxylation is 2. The van der Waals surface area contributed by atoms with Crippen molar-refractivity contribution in [2.45, 2.75) is 70.2 Å². The number of carboxylic acids is 1. The van der Waals surface area contributed by atoms with Crippen LogP contribution in [0.15, 0.2) is 65.6 Å². The van der Waals surface area contributed by atoms with Gasteiger partial charge in [-0.1, -0.05) is 61.0 Å². The van der Waals surface area contributed by atoms with Crippen LogP contribution in [0.3, 0.4) is 0 Å². The summed E-state index contributed by atoms with van der Waals surface area (Å²) in [5, 5.41) is 13.5. The number of nitrogens with one attached hydrogen (secondary N) is 1. The molecule has 0 aliphatic heterocycles. The van der Waals surface area contributed by atoms with Gasteiger partial charge in [0.2, 0.25) is 0 Å². The SMILES string of the molecule is Cc1cc(SN(C)C[C@H](C)CNC(C)(C)CC2Cc3ccccc3C2)ccc1-c1ccc(CCC(=O)O)cc1Cl. The summed E-state index contributed by atoms with van der Waals surface area (Å²) in [6.45, 7) is 11.1. The van der Waals surface area contributed by atoms with E-state index in [1.807, 2.05) is 18.2 Å². The number of benzene rings is 3. The number of carboxylic acid groups (broad SMARTS) is 1. The van der Waals surface area contributed by atoms with Gasteiger partial charge in [0.05, 0.1) is 0 Å². The highest BCUT2D eigenvalue weighted by atomic mass is 35.5. The first-order valence-corrected chi connectivity index (χ1v) is 15.5. The van der Waals surface area contributed by atoms with Crippen LogP contribution in [0, 0.1) is 18.8 Å². The van der Waals surface area contributed by atoms with E-state index in [2.05, 4.69) is 86.8 Å².